The van der Waals surface area contributed by atoms with E-state index in [9.17, 15) is 0 Å². The molecular formula is C13H22N4O. The molecule has 0 aliphatic carbocycles. The summed E-state index contributed by atoms with van der Waals surface area (Å²) < 4.78 is 5.73. The van der Waals surface area contributed by atoms with E-state index in [2.05, 4.69) is 21.2 Å². The van der Waals surface area contributed by atoms with Gasteiger partial charge in [-0.1, -0.05) is 0 Å². The molecule has 0 aromatic carbocycles. The van der Waals surface area contributed by atoms with Gasteiger partial charge in [-0.05, 0) is 25.1 Å². The molecule has 0 aromatic heterocycles. The fourth-order valence-electron chi connectivity index (χ4n) is 3.01. The second kappa shape index (κ2) is 5.20. The molecule has 2 fully saturated rings. The van der Waals surface area contributed by atoms with Gasteiger partial charge in [0.2, 0.25) is 0 Å². The molecule has 3 aliphatic rings. The molecule has 100 valence electrons. The van der Waals surface area contributed by atoms with Crippen LogP contribution in [0.15, 0.2) is 23.7 Å². The molecule has 3 aliphatic heterocycles. The average molecular weight is 250 g/mol. The zero-order valence-electron chi connectivity index (χ0n) is 10.8. The van der Waals surface area contributed by atoms with Crippen LogP contribution in [-0.4, -0.2) is 55.4 Å². The number of dihydropyridines is 1. The molecule has 1 unspecified atom stereocenters. The van der Waals surface area contributed by atoms with Gasteiger partial charge in [0, 0.05) is 25.7 Å². The molecule has 5 nitrogen and oxygen atoms in total. The predicted molar refractivity (Wildman–Crippen MR) is 70.5 cm³/mol. The predicted octanol–water partition coefficient (Wildman–Crippen LogP) is 0.0277. The molecule has 3 rings (SSSR count). The summed E-state index contributed by atoms with van der Waals surface area (Å²) in [6, 6.07) is 0.619. The Morgan fingerprint density at radius 2 is 2.33 bits per heavy atom. The minimum Gasteiger partial charge on any atom is -0.399 e. The van der Waals surface area contributed by atoms with Gasteiger partial charge in [0.05, 0.1) is 31.3 Å². The normalized spacial score (nSPS) is 29.8. The van der Waals surface area contributed by atoms with Gasteiger partial charge < -0.3 is 20.7 Å². The van der Waals surface area contributed by atoms with E-state index < -0.39 is 0 Å². The number of fused-ring (bicyclic) bond motifs is 1. The molecule has 0 radical (unpaired) electrons. The van der Waals surface area contributed by atoms with Crippen LogP contribution in [0.4, 0.5) is 0 Å². The van der Waals surface area contributed by atoms with Crippen LogP contribution >= 0.6 is 0 Å². The first-order chi connectivity index (χ1) is 8.84. The van der Waals surface area contributed by atoms with E-state index >= 15 is 0 Å². The number of rotatable bonds is 1. The zero-order valence-corrected chi connectivity index (χ0v) is 10.8. The Kier molecular flexibility index (Phi) is 3.43. The standard InChI is InChI=1S/C13H22N4O/c14-12-8-15-4-3-13(12)16-6-7-18-10-17-5-1-2-11(17)9-16/h3-4,11,15H,1-2,5-10,14H2. The van der Waals surface area contributed by atoms with E-state index in [1.54, 1.807) is 0 Å². The Hall–Kier alpha value is -1.20. The highest BCUT2D eigenvalue weighted by Gasteiger charge is 2.29. The smallest absolute Gasteiger partial charge is 0.0994 e. The molecule has 2 saturated heterocycles. The van der Waals surface area contributed by atoms with Crippen LogP contribution < -0.4 is 11.1 Å². The minimum atomic E-state index is 0.619. The van der Waals surface area contributed by atoms with Crippen molar-refractivity contribution < 1.29 is 4.74 Å². The van der Waals surface area contributed by atoms with Crippen molar-refractivity contribution in [3.8, 4) is 0 Å². The number of nitrogens with two attached hydrogens (primary N) is 1. The van der Waals surface area contributed by atoms with Crippen LogP contribution in [0.3, 0.4) is 0 Å². The van der Waals surface area contributed by atoms with Crippen LogP contribution in [0.5, 0.6) is 0 Å². The van der Waals surface area contributed by atoms with Crippen LogP contribution in [0, 0.1) is 0 Å². The van der Waals surface area contributed by atoms with Crippen LogP contribution in [0.25, 0.3) is 0 Å². The molecule has 1 atom stereocenters. The third-order valence-corrected chi connectivity index (χ3v) is 4.01. The monoisotopic (exact) mass is 250 g/mol. The highest BCUT2D eigenvalue weighted by molar-refractivity contribution is 5.27. The number of ether oxygens (including phenoxy) is 1. The maximum absolute atomic E-state index is 6.11. The first kappa shape index (κ1) is 11.9. The summed E-state index contributed by atoms with van der Waals surface area (Å²) in [5, 5.41) is 3.15. The SMILES string of the molecule is NC1=C(N2CCOCN3CCCC3C2)C=CNC1. The summed E-state index contributed by atoms with van der Waals surface area (Å²) >= 11 is 0. The van der Waals surface area contributed by atoms with Gasteiger partial charge >= 0.3 is 0 Å². The van der Waals surface area contributed by atoms with E-state index in [1.165, 1.54) is 25.1 Å². The topological polar surface area (TPSA) is 53.8 Å². The minimum absolute atomic E-state index is 0.619. The van der Waals surface area contributed by atoms with Crippen molar-refractivity contribution in [3.05, 3.63) is 23.7 Å². The lowest BCUT2D eigenvalue weighted by atomic mass is 10.1. The Bertz CT molecular complexity index is 366. The third kappa shape index (κ3) is 2.33. The van der Waals surface area contributed by atoms with Gasteiger partial charge in [-0.3, -0.25) is 4.90 Å². The van der Waals surface area contributed by atoms with E-state index in [1.807, 2.05) is 6.20 Å². The maximum atomic E-state index is 6.11. The Balaban J connectivity index is 1.76. The van der Waals surface area contributed by atoms with Gasteiger partial charge in [-0.25, -0.2) is 0 Å². The van der Waals surface area contributed by atoms with E-state index in [-0.39, 0.29) is 0 Å². The Labute approximate surface area is 108 Å². The molecule has 0 amide bonds. The fourth-order valence-corrected chi connectivity index (χ4v) is 3.01. The lowest BCUT2D eigenvalue weighted by Gasteiger charge is -2.36. The van der Waals surface area contributed by atoms with Crippen molar-refractivity contribution in [2.75, 3.05) is 39.5 Å². The molecule has 3 N–H and O–H groups in total. The molecule has 0 spiro atoms. The van der Waals surface area contributed by atoms with Crippen molar-refractivity contribution >= 4 is 0 Å². The van der Waals surface area contributed by atoms with Crippen molar-refractivity contribution in [2.45, 2.75) is 18.9 Å². The summed E-state index contributed by atoms with van der Waals surface area (Å²) in [6.07, 6.45) is 6.63. The molecule has 5 heteroatoms. The van der Waals surface area contributed by atoms with Crippen LogP contribution in [-0.2, 0) is 4.74 Å². The highest BCUT2D eigenvalue weighted by atomic mass is 16.5. The van der Waals surface area contributed by atoms with E-state index in [4.69, 9.17) is 10.5 Å². The van der Waals surface area contributed by atoms with Gasteiger partial charge in [0.25, 0.3) is 0 Å². The summed E-state index contributed by atoms with van der Waals surface area (Å²) in [7, 11) is 0. The maximum Gasteiger partial charge on any atom is 0.0994 e. The van der Waals surface area contributed by atoms with Crippen molar-refractivity contribution in [2.24, 2.45) is 5.73 Å². The largest absolute Gasteiger partial charge is 0.399 e. The Morgan fingerprint density at radius 1 is 1.39 bits per heavy atom. The molecule has 0 saturated carbocycles. The fraction of sp³-hybridized carbons (Fsp3) is 0.692. The van der Waals surface area contributed by atoms with Crippen LogP contribution in [0.1, 0.15) is 12.8 Å². The van der Waals surface area contributed by atoms with Crippen molar-refractivity contribution in [1.29, 1.82) is 0 Å². The summed E-state index contributed by atoms with van der Waals surface area (Å²) in [4.78, 5) is 4.84. The quantitative estimate of drug-likeness (QED) is 0.687. The molecule has 18 heavy (non-hydrogen) atoms. The second-order valence-electron chi connectivity index (χ2n) is 5.22. The second-order valence-corrected chi connectivity index (χ2v) is 5.22. The highest BCUT2D eigenvalue weighted by Crippen LogP contribution is 2.22. The Morgan fingerprint density at radius 3 is 3.22 bits per heavy atom. The van der Waals surface area contributed by atoms with Gasteiger partial charge in [0.15, 0.2) is 0 Å². The van der Waals surface area contributed by atoms with Crippen molar-refractivity contribution in [1.82, 2.24) is 15.1 Å². The summed E-state index contributed by atoms with van der Waals surface area (Å²) in [5.41, 5.74) is 8.21. The first-order valence-corrected chi connectivity index (χ1v) is 6.80. The zero-order chi connectivity index (χ0) is 12.4. The molecule has 0 aromatic rings. The molecule has 0 bridgehead atoms. The van der Waals surface area contributed by atoms with Crippen molar-refractivity contribution in [3.63, 3.8) is 0 Å². The third-order valence-electron chi connectivity index (χ3n) is 4.01. The van der Waals surface area contributed by atoms with E-state index in [0.29, 0.717) is 6.04 Å². The number of hydrogen-bond donors (Lipinski definition) is 2. The molecule has 3 heterocycles. The lowest BCUT2D eigenvalue weighted by molar-refractivity contribution is -0.0110. The number of allylic oxidation sites excluding steroid dienone is 1. The van der Waals surface area contributed by atoms with Gasteiger partial charge in [-0.15, -0.1) is 0 Å². The number of hydrogen-bond acceptors (Lipinski definition) is 5. The number of nitrogens with zero attached hydrogens (tertiary/aromatic N) is 2. The number of nitrogens with one attached hydrogen (secondary N) is 1. The van der Waals surface area contributed by atoms with Gasteiger partial charge in [-0.2, -0.15) is 0 Å². The van der Waals surface area contributed by atoms with E-state index in [0.717, 1.165) is 38.7 Å². The van der Waals surface area contributed by atoms with Crippen LogP contribution in [0.2, 0.25) is 0 Å². The first-order valence-electron chi connectivity index (χ1n) is 6.80. The summed E-state index contributed by atoms with van der Waals surface area (Å²) in [5.74, 6) is 0. The molecular weight excluding hydrogens is 228 g/mol. The summed E-state index contributed by atoms with van der Waals surface area (Å²) in [6.45, 7) is 5.50. The average Bonchev–Trinajstić information content (AvgIpc) is 2.77. The van der Waals surface area contributed by atoms with Gasteiger partial charge in [0.1, 0.15) is 0 Å². The lowest BCUT2D eigenvalue weighted by Crippen LogP contribution is -2.46.